The fourth-order valence-corrected chi connectivity index (χ4v) is 4.02. The molecule has 34 heavy (non-hydrogen) atoms. The summed E-state index contributed by atoms with van der Waals surface area (Å²) in [4.78, 5) is 35.9. The van der Waals surface area contributed by atoms with Crippen molar-refractivity contribution >= 4 is 23.3 Å². The summed E-state index contributed by atoms with van der Waals surface area (Å²) < 4.78 is 47.4. The minimum atomic E-state index is -4.81. The van der Waals surface area contributed by atoms with E-state index in [0.717, 1.165) is 4.68 Å². The minimum Gasteiger partial charge on any atom is -0.463 e. The van der Waals surface area contributed by atoms with Crippen molar-refractivity contribution in [1.82, 2.24) is 9.78 Å². The number of halogens is 3. The summed E-state index contributed by atoms with van der Waals surface area (Å²) >= 11 is 0. The van der Waals surface area contributed by atoms with E-state index >= 15 is 0 Å². The van der Waals surface area contributed by atoms with Crippen LogP contribution < -0.4 is 11.1 Å². The number of esters is 1. The molecule has 1 aromatic heterocycles. The number of benzene rings is 1. The maximum absolute atomic E-state index is 13.7. The summed E-state index contributed by atoms with van der Waals surface area (Å²) in [5.41, 5.74) is 3.14. The molecule has 8 nitrogen and oxygen atoms in total. The SMILES string of the molecule is CC(=O)OCC(C)(C)Nc1cc(-n2nc(C(F)(F)F)c3c2CC(C)(C)CC3=O)ccc1C(N)=O. The van der Waals surface area contributed by atoms with Gasteiger partial charge in [0.2, 0.25) is 0 Å². The van der Waals surface area contributed by atoms with Crippen LogP contribution in [0.25, 0.3) is 5.69 Å². The van der Waals surface area contributed by atoms with Crippen molar-refractivity contribution in [1.29, 1.82) is 0 Å². The third-order valence-electron chi connectivity index (χ3n) is 5.44. The fraction of sp³-hybridized carbons (Fsp3) is 0.478. The molecule has 0 spiro atoms. The van der Waals surface area contributed by atoms with Crippen LogP contribution in [0.3, 0.4) is 0 Å². The van der Waals surface area contributed by atoms with E-state index < -0.39 is 46.0 Å². The number of nitrogens with one attached hydrogen (secondary N) is 1. The lowest BCUT2D eigenvalue weighted by Crippen LogP contribution is -2.37. The highest BCUT2D eigenvalue weighted by atomic mass is 19.4. The van der Waals surface area contributed by atoms with E-state index in [4.69, 9.17) is 10.5 Å². The highest BCUT2D eigenvalue weighted by molar-refractivity contribution is 6.00. The standard InChI is InChI=1S/C23H27F3N4O4/c1-12(31)34-11-22(4,5)28-15-8-13(6-7-14(15)20(27)33)30-16-9-21(2,3)10-17(32)18(16)19(29-30)23(24,25)26/h6-8,28H,9-11H2,1-5H3,(H2,27,33). The number of Topliss-reactive ketones (excluding diaryl/α,β-unsaturated/α-hetero) is 1. The van der Waals surface area contributed by atoms with Crippen LogP contribution in [-0.4, -0.2) is 39.6 Å². The molecule has 0 saturated heterocycles. The lowest BCUT2D eigenvalue weighted by Gasteiger charge is -2.30. The fourth-order valence-electron chi connectivity index (χ4n) is 4.02. The Bertz CT molecular complexity index is 1170. The molecule has 3 N–H and O–H groups in total. The second-order valence-electron chi connectivity index (χ2n) is 9.90. The van der Waals surface area contributed by atoms with Crippen LogP contribution in [0.15, 0.2) is 18.2 Å². The zero-order chi connectivity index (χ0) is 25.6. The van der Waals surface area contributed by atoms with Gasteiger partial charge in [-0.15, -0.1) is 0 Å². The van der Waals surface area contributed by atoms with Gasteiger partial charge in [-0.05, 0) is 43.9 Å². The Morgan fingerprint density at radius 3 is 2.44 bits per heavy atom. The van der Waals surface area contributed by atoms with Gasteiger partial charge in [0, 0.05) is 19.0 Å². The van der Waals surface area contributed by atoms with E-state index in [2.05, 4.69) is 10.4 Å². The van der Waals surface area contributed by atoms with Crippen molar-refractivity contribution in [2.24, 2.45) is 11.1 Å². The van der Waals surface area contributed by atoms with Crippen molar-refractivity contribution in [2.75, 3.05) is 11.9 Å². The van der Waals surface area contributed by atoms with Gasteiger partial charge >= 0.3 is 12.1 Å². The van der Waals surface area contributed by atoms with Crippen LogP contribution in [0.4, 0.5) is 18.9 Å². The Morgan fingerprint density at radius 2 is 1.88 bits per heavy atom. The smallest absolute Gasteiger partial charge is 0.435 e. The van der Waals surface area contributed by atoms with Crippen LogP contribution >= 0.6 is 0 Å². The summed E-state index contributed by atoms with van der Waals surface area (Å²) in [5, 5.41) is 6.85. The van der Waals surface area contributed by atoms with E-state index in [1.54, 1.807) is 27.7 Å². The van der Waals surface area contributed by atoms with Crippen molar-refractivity contribution < 1.29 is 32.3 Å². The molecule has 2 aromatic rings. The quantitative estimate of drug-likeness (QED) is 0.606. The number of rotatable bonds is 6. The summed E-state index contributed by atoms with van der Waals surface area (Å²) in [7, 11) is 0. The highest BCUT2D eigenvalue weighted by Crippen LogP contribution is 2.42. The lowest BCUT2D eigenvalue weighted by molar-refractivity contribution is -0.142. The predicted octanol–water partition coefficient (Wildman–Crippen LogP) is 3.90. The molecular weight excluding hydrogens is 453 g/mol. The summed E-state index contributed by atoms with van der Waals surface area (Å²) in [6.07, 6.45) is -4.63. The maximum Gasteiger partial charge on any atom is 0.435 e. The van der Waals surface area contributed by atoms with Gasteiger partial charge < -0.3 is 15.8 Å². The zero-order valence-electron chi connectivity index (χ0n) is 19.6. The number of nitrogens with zero attached hydrogens (tertiary/aromatic N) is 2. The lowest BCUT2D eigenvalue weighted by atomic mass is 9.75. The number of fused-ring (bicyclic) bond motifs is 1. The number of anilines is 1. The molecule has 0 fully saturated rings. The third-order valence-corrected chi connectivity index (χ3v) is 5.44. The number of hydrogen-bond donors (Lipinski definition) is 2. The molecule has 1 aliphatic carbocycles. The largest absolute Gasteiger partial charge is 0.463 e. The Morgan fingerprint density at radius 1 is 1.24 bits per heavy atom. The molecule has 184 valence electrons. The number of hydrogen-bond acceptors (Lipinski definition) is 6. The molecule has 0 atom stereocenters. The highest BCUT2D eigenvalue weighted by Gasteiger charge is 2.45. The van der Waals surface area contributed by atoms with E-state index in [-0.39, 0.29) is 42.1 Å². The molecule has 11 heteroatoms. The molecule has 1 heterocycles. The van der Waals surface area contributed by atoms with Crippen LogP contribution in [0.2, 0.25) is 0 Å². The van der Waals surface area contributed by atoms with Gasteiger partial charge in [-0.1, -0.05) is 13.8 Å². The monoisotopic (exact) mass is 480 g/mol. The number of carbonyl (C=O) groups excluding carboxylic acids is 3. The molecule has 0 aliphatic heterocycles. The van der Waals surface area contributed by atoms with Gasteiger partial charge in [-0.2, -0.15) is 18.3 Å². The molecule has 0 radical (unpaired) electrons. The number of alkyl halides is 3. The number of ketones is 1. The molecule has 1 aromatic carbocycles. The Hall–Kier alpha value is -3.37. The zero-order valence-corrected chi connectivity index (χ0v) is 19.6. The average Bonchev–Trinajstić information content (AvgIpc) is 3.05. The van der Waals surface area contributed by atoms with Crippen molar-refractivity contribution in [3.63, 3.8) is 0 Å². The van der Waals surface area contributed by atoms with E-state index in [0.29, 0.717) is 0 Å². The Balaban J connectivity index is 2.16. The van der Waals surface area contributed by atoms with Gasteiger partial charge in [0.1, 0.15) is 6.61 Å². The van der Waals surface area contributed by atoms with Crippen molar-refractivity contribution in [3.05, 3.63) is 40.7 Å². The Labute approximate surface area is 194 Å². The first-order valence-corrected chi connectivity index (χ1v) is 10.6. The molecule has 0 unspecified atom stereocenters. The normalized spacial score (nSPS) is 15.6. The minimum absolute atomic E-state index is 0.0213. The van der Waals surface area contributed by atoms with Crippen LogP contribution in [0, 0.1) is 5.41 Å². The van der Waals surface area contributed by atoms with E-state index in [1.165, 1.54) is 25.1 Å². The number of aromatic nitrogens is 2. The number of ether oxygens (including phenoxy) is 1. The number of amides is 1. The van der Waals surface area contributed by atoms with Crippen molar-refractivity contribution in [2.45, 2.75) is 59.2 Å². The Kier molecular flexibility index (Phi) is 6.27. The second kappa shape index (κ2) is 8.44. The number of nitrogens with two attached hydrogens (primary N) is 1. The van der Waals surface area contributed by atoms with Gasteiger partial charge in [0.25, 0.3) is 5.91 Å². The third kappa shape index (κ3) is 5.23. The molecule has 0 saturated carbocycles. The van der Waals surface area contributed by atoms with Gasteiger partial charge in [0.05, 0.1) is 28.0 Å². The molecular formula is C23H27F3N4O4. The first kappa shape index (κ1) is 25.3. The molecule has 0 bridgehead atoms. The van der Waals surface area contributed by atoms with E-state index in [1.807, 2.05) is 0 Å². The molecule has 1 aliphatic rings. The number of primary amides is 1. The number of carbonyl (C=O) groups is 3. The van der Waals surface area contributed by atoms with Crippen LogP contribution in [-0.2, 0) is 22.1 Å². The van der Waals surface area contributed by atoms with Crippen molar-refractivity contribution in [3.8, 4) is 5.69 Å². The predicted molar refractivity (Wildman–Crippen MR) is 118 cm³/mol. The van der Waals surface area contributed by atoms with Crippen LogP contribution in [0.1, 0.15) is 73.1 Å². The first-order valence-electron chi connectivity index (χ1n) is 10.6. The van der Waals surface area contributed by atoms with Gasteiger partial charge in [-0.25, -0.2) is 4.68 Å². The first-order chi connectivity index (χ1) is 15.5. The molecule has 3 rings (SSSR count). The summed E-state index contributed by atoms with van der Waals surface area (Å²) in [5.74, 6) is -1.86. The van der Waals surface area contributed by atoms with E-state index in [9.17, 15) is 27.6 Å². The maximum atomic E-state index is 13.7. The topological polar surface area (TPSA) is 116 Å². The van der Waals surface area contributed by atoms with Crippen LogP contribution in [0.5, 0.6) is 0 Å². The second-order valence-corrected chi connectivity index (χ2v) is 9.90. The van der Waals surface area contributed by atoms with Gasteiger partial charge in [0.15, 0.2) is 11.5 Å². The van der Waals surface area contributed by atoms with Gasteiger partial charge in [-0.3, -0.25) is 14.4 Å². The summed E-state index contributed by atoms with van der Waals surface area (Å²) in [6.45, 7) is 8.26. The summed E-state index contributed by atoms with van der Waals surface area (Å²) in [6, 6.07) is 4.23. The molecule has 1 amide bonds. The average molecular weight is 480 g/mol.